The third-order valence-electron chi connectivity index (χ3n) is 6.96. The average Bonchev–Trinajstić information content (AvgIpc) is 2.75. The van der Waals surface area contributed by atoms with E-state index in [0.29, 0.717) is 0 Å². The third kappa shape index (κ3) is 29.9. The van der Waals surface area contributed by atoms with E-state index < -0.39 is 0 Å². The maximum atomic E-state index is 2.30. The fourth-order valence-corrected chi connectivity index (χ4v) is 4.75. The van der Waals surface area contributed by atoms with Gasteiger partial charge in [0, 0.05) is 0 Å². The van der Waals surface area contributed by atoms with Crippen molar-refractivity contribution in [3.63, 3.8) is 0 Å². The molecule has 0 rings (SSSR count). The lowest BCUT2D eigenvalue weighted by Gasteiger charge is -2.08. The van der Waals surface area contributed by atoms with E-state index in [1.807, 2.05) is 0 Å². The van der Waals surface area contributed by atoms with Crippen molar-refractivity contribution in [1.29, 1.82) is 0 Å². The summed E-state index contributed by atoms with van der Waals surface area (Å²) in [5.74, 6) is 0. The summed E-state index contributed by atoms with van der Waals surface area (Å²) >= 11 is 0. The van der Waals surface area contributed by atoms with Gasteiger partial charge in [-0.15, -0.1) is 0 Å². The standard InChI is InChI=1S/C30H64N2/c1-31(2)29-27-25-23-21-19-17-15-13-11-9-7-5-6-8-10-12-14-16-18-20-22-24-26-28-30-32(3)4/h5-30H2,1-4H3. The van der Waals surface area contributed by atoms with Crippen LogP contribution in [0.5, 0.6) is 0 Å². The zero-order chi connectivity index (χ0) is 23.5. The van der Waals surface area contributed by atoms with Gasteiger partial charge >= 0.3 is 0 Å². The Morgan fingerprint density at radius 2 is 0.344 bits per heavy atom. The van der Waals surface area contributed by atoms with E-state index in [0.717, 1.165) is 0 Å². The van der Waals surface area contributed by atoms with E-state index in [2.05, 4.69) is 38.0 Å². The zero-order valence-electron chi connectivity index (χ0n) is 23.3. The Bertz CT molecular complexity index is 295. The molecular formula is C30H64N2. The van der Waals surface area contributed by atoms with Crippen LogP contribution in [0.2, 0.25) is 0 Å². The average molecular weight is 453 g/mol. The first-order chi connectivity index (χ1) is 15.6. The van der Waals surface area contributed by atoms with Crippen LogP contribution < -0.4 is 0 Å². The minimum absolute atomic E-state index is 1.26. The van der Waals surface area contributed by atoms with Gasteiger partial charge in [-0.25, -0.2) is 0 Å². The van der Waals surface area contributed by atoms with E-state index in [9.17, 15) is 0 Å². The first-order valence-corrected chi connectivity index (χ1v) is 14.9. The van der Waals surface area contributed by atoms with Crippen molar-refractivity contribution < 1.29 is 0 Å². The number of hydrogen-bond acceptors (Lipinski definition) is 2. The first kappa shape index (κ1) is 31.9. The Morgan fingerprint density at radius 1 is 0.219 bits per heavy atom. The molecule has 0 aromatic heterocycles. The molecule has 2 nitrogen and oxygen atoms in total. The Kier molecular flexibility index (Phi) is 27.1. The lowest BCUT2D eigenvalue weighted by atomic mass is 10.0. The van der Waals surface area contributed by atoms with Crippen molar-refractivity contribution in [3.05, 3.63) is 0 Å². The molecule has 0 aromatic carbocycles. The van der Waals surface area contributed by atoms with Gasteiger partial charge in [-0.2, -0.15) is 0 Å². The summed E-state index contributed by atoms with van der Waals surface area (Å²) in [5.41, 5.74) is 0. The lowest BCUT2D eigenvalue weighted by Crippen LogP contribution is -2.12. The van der Waals surface area contributed by atoms with Gasteiger partial charge in [0.2, 0.25) is 0 Å². The highest BCUT2D eigenvalue weighted by molar-refractivity contribution is 4.52. The molecule has 32 heavy (non-hydrogen) atoms. The quantitative estimate of drug-likeness (QED) is 0.114. The second-order valence-corrected chi connectivity index (χ2v) is 11.1. The summed E-state index contributed by atoms with van der Waals surface area (Å²) in [6.45, 7) is 2.52. The Morgan fingerprint density at radius 3 is 0.469 bits per heavy atom. The molecule has 194 valence electrons. The summed E-state index contributed by atoms with van der Waals surface area (Å²) in [6.07, 6.45) is 35.1. The highest BCUT2D eigenvalue weighted by atomic mass is 15.0. The van der Waals surface area contributed by atoms with Crippen molar-refractivity contribution in [2.45, 2.75) is 154 Å². The number of nitrogens with zero attached hydrogens (tertiary/aromatic N) is 2. The van der Waals surface area contributed by atoms with Gasteiger partial charge in [-0.05, 0) is 54.1 Å². The second kappa shape index (κ2) is 27.2. The molecule has 0 aliphatic carbocycles. The van der Waals surface area contributed by atoms with E-state index in [1.54, 1.807) is 0 Å². The van der Waals surface area contributed by atoms with E-state index in [4.69, 9.17) is 0 Å². The maximum absolute atomic E-state index is 2.30. The monoisotopic (exact) mass is 453 g/mol. The molecule has 2 heteroatoms. The minimum atomic E-state index is 1.26. The van der Waals surface area contributed by atoms with Crippen molar-refractivity contribution in [3.8, 4) is 0 Å². The smallest absolute Gasteiger partial charge is 0.00248 e. The molecule has 0 aliphatic heterocycles. The molecule has 0 saturated heterocycles. The molecule has 0 bridgehead atoms. The molecule has 0 radical (unpaired) electrons. The lowest BCUT2D eigenvalue weighted by molar-refractivity contribution is 0.389. The molecule has 0 saturated carbocycles. The third-order valence-corrected chi connectivity index (χ3v) is 6.96. The molecule has 0 N–H and O–H groups in total. The van der Waals surface area contributed by atoms with E-state index in [-0.39, 0.29) is 0 Å². The normalized spacial score (nSPS) is 11.8. The molecular weight excluding hydrogens is 388 g/mol. The van der Waals surface area contributed by atoms with Crippen LogP contribution in [0.25, 0.3) is 0 Å². The van der Waals surface area contributed by atoms with E-state index >= 15 is 0 Å². The molecule has 0 aromatic rings. The van der Waals surface area contributed by atoms with Crippen LogP contribution in [0.4, 0.5) is 0 Å². The van der Waals surface area contributed by atoms with Crippen LogP contribution in [0.1, 0.15) is 154 Å². The van der Waals surface area contributed by atoms with Crippen LogP contribution in [0, 0.1) is 0 Å². The molecule has 0 heterocycles. The topological polar surface area (TPSA) is 6.48 Å². The largest absolute Gasteiger partial charge is 0.309 e. The van der Waals surface area contributed by atoms with Gasteiger partial charge in [-0.1, -0.05) is 141 Å². The molecule has 0 spiro atoms. The highest BCUT2D eigenvalue weighted by Crippen LogP contribution is 2.15. The van der Waals surface area contributed by atoms with Crippen LogP contribution in [-0.2, 0) is 0 Å². The van der Waals surface area contributed by atoms with Crippen LogP contribution in [0.3, 0.4) is 0 Å². The number of rotatable bonds is 27. The van der Waals surface area contributed by atoms with Crippen LogP contribution in [-0.4, -0.2) is 51.1 Å². The van der Waals surface area contributed by atoms with Crippen molar-refractivity contribution >= 4 is 0 Å². The second-order valence-electron chi connectivity index (χ2n) is 11.1. The SMILES string of the molecule is CN(C)CCCCCCCCCCCCCCCCCCCCCCCCCCN(C)C. The minimum Gasteiger partial charge on any atom is -0.309 e. The zero-order valence-corrected chi connectivity index (χ0v) is 23.3. The molecule has 0 unspecified atom stereocenters. The molecule has 0 fully saturated rings. The predicted molar refractivity (Wildman–Crippen MR) is 148 cm³/mol. The number of unbranched alkanes of at least 4 members (excludes halogenated alkanes) is 23. The van der Waals surface area contributed by atoms with Crippen LogP contribution in [0.15, 0.2) is 0 Å². The van der Waals surface area contributed by atoms with Gasteiger partial charge in [-0.3, -0.25) is 0 Å². The van der Waals surface area contributed by atoms with Crippen molar-refractivity contribution in [1.82, 2.24) is 9.80 Å². The Hall–Kier alpha value is -0.0800. The fourth-order valence-electron chi connectivity index (χ4n) is 4.75. The van der Waals surface area contributed by atoms with E-state index in [1.165, 1.54) is 167 Å². The van der Waals surface area contributed by atoms with Crippen LogP contribution >= 0.6 is 0 Å². The highest BCUT2D eigenvalue weighted by Gasteiger charge is 1.97. The summed E-state index contributed by atoms with van der Waals surface area (Å²) in [7, 11) is 8.72. The Balaban J connectivity index is 3.01. The fraction of sp³-hybridized carbons (Fsp3) is 1.00. The maximum Gasteiger partial charge on any atom is -0.00248 e. The van der Waals surface area contributed by atoms with Gasteiger partial charge in [0.1, 0.15) is 0 Å². The van der Waals surface area contributed by atoms with Crippen molar-refractivity contribution in [2.75, 3.05) is 41.3 Å². The Labute approximate surface area is 205 Å². The first-order valence-electron chi connectivity index (χ1n) is 14.9. The van der Waals surface area contributed by atoms with Gasteiger partial charge < -0.3 is 9.80 Å². The van der Waals surface area contributed by atoms with Gasteiger partial charge in [0.15, 0.2) is 0 Å². The van der Waals surface area contributed by atoms with Gasteiger partial charge in [0.25, 0.3) is 0 Å². The molecule has 0 aliphatic rings. The summed E-state index contributed by atoms with van der Waals surface area (Å²) < 4.78 is 0. The van der Waals surface area contributed by atoms with Crippen molar-refractivity contribution in [2.24, 2.45) is 0 Å². The molecule has 0 amide bonds. The number of hydrogen-bond donors (Lipinski definition) is 0. The summed E-state index contributed by atoms with van der Waals surface area (Å²) in [6, 6.07) is 0. The van der Waals surface area contributed by atoms with Gasteiger partial charge in [0.05, 0.1) is 0 Å². The molecule has 0 atom stereocenters. The predicted octanol–water partition coefficient (Wildman–Crippen LogP) is 9.47. The summed E-state index contributed by atoms with van der Waals surface area (Å²) in [5, 5.41) is 0. The summed E-state index contributed by atoms with van der Waals surface area (Å²) in [4.78, 5) is 4.61.